The Morgan fingerprint density at radius 3 is 3.00 bits per heavy atom. The largest absolute Gasteiger partial charge is 0.411 e. The summed E-state index contributed by atoms with van der Waals surface area (Å²) < 4.78 is 5.61. The van der Waals surface area contributed by atoms with Gasteiger partial charge in [-0.1, -0.05) is 29.4 Å². The Bertz CT molecular complexity index is 726. The molecule has 0 atom stereocenters. The molecule has 1 aromatic carbocycles. The summed E-state index contributed by atoms with van der Waals surface area (Å²) in [5.74, 6) is 1.20. The molecule has 3 aromatic rings. The second-order valence-electron chi connectivity index (χ2n) is 4.03. The number of rotatable bonds is 4. The van der Waals surface area contributed by atoms with Crippen molar-refractivity contribution >= 4 is 34.7 Å². The summed E-state index contributed by atoms with van der Waals surface area (Å²) in [5.41, 5.74) is 1.85. The molecule has 0 N–H and O–H groups in total. The molecule has 2 heterocycles. The number of halogens is 1. The number of hydrogen-bond acceptors (Lipinski definition) is 6. The van der Waals surface area contributed by atoms with Crippen LogP contribution in [0.15, 0.2) is 39.3 Å². The molecular weight excluding hydrogens is 314 g/mol. The second-order valence-corrected chi connectivity index (χ2v) is 6.46. The van der Waals surface area contributed by atoms with E-state index in [0.29, 0.717) is 16.1 Å². The molecule has 4 nitrogen and oxygen atoms in total. The summed E-state index contributed by atoms with van der Waals surface area (Å²) >= 11 is 9.06. The van der Waals surface area contributed by atoms with Gasteiger partial charge in [0.1, 0.15) is 0 Å². The van der Waals surface area contributed by atoms with Crippen LogP contribution in [-0.2, 0) is 5.75 Å². The van der Waals surface area contributed by atoms with Crippen LogP contribution in [0, 0.1) is 6.92 Å². The molecule has 0 amide bonds. The van der Waals surface area contributed by atoms with E-state index in [2.05, 4.69) is 15.2 Å². The van der Waals surface area contributed by atoms with E-state index in [0.717, 1.165) is 22.0 Å². The highest BCUT2D eigenvalue weighted by Crippen LogP contribution is 2.27. The van der Waals surface area contributed by atoms with Crippen molar-refractivity contribution in [2.45, 2.75) is 17.9 Å². The fraction of sp³-hybridized carbons (Fsp3) is 0.154. The number of hydrogen-bond donors (Lipinski definition) is 0. The maximum atomic E-state index is 5.94. The number of thiazole rings is 1. The Kier molecular flexibility index (Phi) is 4.05. The van der Waals surface area contributed by atoms with E-state index in [1.165, 1.54) is 11.8 Å². The zero-order valence-electron chi connectivity index (χ0n) is 10.5. The fourth-order valence-electron chi connectivity index (χ4n) is 1.62. The monoisotopic (exact) mass is 323 g/mol. The Balaban J connectivity index is 1.70. The van der Waals surface area contributed by atoms with Crippen LogP contribution in [0.5, 0.6) is 0 Å². The third-order valence-electron chi connectivity index (χ3n) is 2.49. The lowest BCUT2D eigenvalue weighted by Gasteiger charge is -1.95. The van der Waals surface area contributed by atoms with Gasteiger partial charge in [0.05, 0.1) is 10.7 Å². The average molecular weight is 324 g/mol. The highest BCUT2D eigenvalue weighted by atomic mass is 35.5. The topological polar surface area (TPSA) is 51.8 Å². The van der Waals surface area contributed by atoms with Gasteiger partial charge >= 0.3 is 0 Å². The van der Waals surface area contributed by atoms with E-state index < -0.39 is 0 Å². The van der Waals surface area contributed by atoms with Crippen LogP contribution >= 0.6 is 34.7 Å². The first kappa shape index (κ1) is 13.6. The van der Waals surface area contributed by atoms with Crippen LogP contribution < -0.4 is 0 Å². The summed E-state index contributed by atoms with van der Waals surface area (Å²) in [6, 6.07) is 7.35. The maximum absolute atomic E-state index is 5.94. The predicted octanol–water partition coefficient (Wildman–Crippen LogP) is 4.45. The smallest absolute Gasteiger partial charge is 0.277 e. The molecule has 0 bridgehead atoms. The minimum atomic E-state index is 0.476. The first-order chi connectivity index (χ1) is 9.70. The van der Waals surface area contributed by atoms with Crippen LogP contribution in [0.2, 0.25) is 5.02 Å². The molecule has 3 rings (SSSR count). The van der Waals surface area contributed by atoms with Crippen molar-refractivity contribution in [2.75, 3.05) is 0 Å². The summed E-state index contributed by atoms with van der Waals surface area (Å²) in [6.45, 7) is 1.99. The van der Waals surface area contributed by atoms with Gasteiger partial charge in [-0.05, 0) is 25.1 Å². The van der Waals surface area contributed by atoms with E-state index in [9.17, 15) is 0 Å². The lowest BCUT2D eigenvalue weighted by Crippen LogP contribution is -1.80. The van der Waals surface area contributed by atoms with Gasteiger partial charge in [-0.3, -0.25) is 0 Å². The molecule has 0 saturated heterocycles. The first-order valence-electron chi connectivity index (χ1n) is 5.84. The molecule has 0 saturated carbocycles. The SMILES string of the molecule is Cc1nc(CSc2nnc(-c3cccc(Cl)c3)o2)cs1. The Morgan fingerprint density at radius 2 is 2.25 bits per heavy atom. The van der Waals surface area contributed by atoms with E-state index in [1.54, 1.807) is 17.4 Å². The lowest BCUT2D eigenvalue weighted by molar-refractivity contribution is 0.466. The second kappa shape index (κ2) is 5.95. The summed E-state index contributed by atoms with van der Waals surface area (Å²) in [5, 5.41) is 12.3. The number of aryl methyl sites for hydroxylation is 1. The van der Waals surface area contributed by atoms with Crippen molar-refractivity contribution < 1.29 is 4.42 Å². The van der Waals surface area contributed by atoms with Gasteiger partial charge in [0, 0.05) is 21.7 Å². The summed E-state index contributed by atoms with van der Waals surface area (Å²) in [6.07, 6.45) is 0. The van der Waals surface area contributed by atoms with Gasteiger partial charge in [-0.15, -0.1) is 21.5 Å². The molecule has 102 valence electrons. The zero-order valence-corrected chi connectivity index (χ0v) is 12.9. The quantitative estimate of drug-likeness (QED) is 0.664. The zero-order chi connectivity index (χ0) is 13.9. The molecule has 0 aliphatic carbocycles. The molecule has 0 spiro atoms. The average Bonchev–Trinajstić information content (AvgIpc) is 3.05. The number of aromatic nitrogens is 3. The van der Waals surface area contributed by atoms with Crippen LogP contribution in [-0.4, -0.2) is 15.2 Å². The maximum Gasteiger partial charge on any atom is 0.277 e. The van der Waals surface area contributed by atoms with Gasteiger partial charge in [0.15, 0.2) is 0 Å². The minimum Gasteiger partial charge on any atom is -0.411 e. The molecule has 0 aliphatic heterocycles. The number of benzene rings is 1. The van der Waals surface area contributed by atoms with Crippen molar-refractivity contribution in [1.82, 2.24) is 15.2 Å². The third kappa shape index (κ3) is 3.20. The van der Waals surface area contributed by atoms with Crippen LogP contribution in [0.3, 0.4) is 0 Å². The molecule has 20 heavy (non-hydrogen) atoms. The predicted molar refractivity (Wildman–Crippen MR) is 81.2 cm³/mol. The van der Waals surface area contributed by atoms with Crippen molar-refractivity contribution in [3.05, 3.63) is 45.4 Å². The summed E-state index contributed by atoms with van der Waals surface area (Å²) in [4.78, 5) is 4.39. The molecule has 2 aromatic heterocycles. The van der Waals surface area contributed by atoms with E-state index in [4.69, 9.17) is 16.0 Å². The van der Waals surface area contributed by atoms with Gasteiger partial charge in [0.2, 0.25) is 5.89 Å². The van der Waals surface area contributed by atoms with Crippen LogP contribution in [0.4, 0.5) is 0 Å². The Morgan fingerprint density at radius 1 is 1.35 bits per heavy atom. The standard InChI is InChI=1S/C13H10ClN3OS2/c1-8-15-11(6-19-8)7-20-13-17-16-12(18-13)9-3-2-4-10(14)5-9/h2-6H,7H2,1H3. The Hall–Kier alpha value is -1.37. The first-order valence-corrected chi connectivity index (χ1v) is 8.08. The van der Waals surface area contributed by atoms with Gasteiger partial charge in [0.25, 0.3) is 5.22 Å². The van der Waals surface area contributed by atoms with Crippen molar-refractivity contribution in [3.8, 4) is 11.5 Å². The fourth-order valence-corrected chi connectivity index (χ4v) is 3.18. The highest BCUT2D eigenvalue weighted by molar-refractivity contribution is 7.98. The molecular formula is C13H10ClN3OS2. The normalized spacial score (nSPS) is 10.9. The van der Waals surface area contributed by atoms with E-state index in [1.807, 2.05) is 30.5 Å². The van der Waals surface area contributed by atoms with E-state index in [-0.39, 0.29) is 0 Å². The lowest BCUT2D eigenvalue weighted by atomic mass is 10.2. The Labute approximate surface area is 129 Å². The van der Waals surface area contributed by atoms with Crippen LogP contribution in [0.25, 0.3) is 11.5 Å². The summed E-state index contributed by atoms with van der Waals surface area (Å²) in [7, 11) is 0. The van der Waals surface area contributed by atoms with Crippen molar-refractivity contribution in [2.24, 2.45) is 0 Å². The molecule has 0 aliphatic rings. The molecule has 0 fully saturated rings. The minimum absolute atomic E-state index is 0.476. The van der Waals surface area contributed by atoms with Gasteiger partial charge in [-0.2, -0.15) is 0 Å². The highest BCUT2D eigenvalue weighted by Gasteiger charge is 2.10. The van der Waals surface area contributed by atoms with Crippen molar-refractivity contribution in [3.63, 3.8) is 0 Å². The molecule has 7 heteroatoms. The number of thioether (sulfide) groups is 1. The van der Waals surface area contributed by atoms with Gasteiger partial charge < -0.3 is 4.42 Å². The van der Waals surface area contributed by atoms with E-state index >= 15 is 0 Å². The number of nitrogens with zero attached hydrogens (tertiary/aromatic N) is 3. The third-order valence-corrected chi connectivity index (χ3v) is 4.40. The molecule has 0 radical (unpaired) electrons. The van der Waals surface area contributed by atoms with Crippen LogP contribution in [0.1, 0.15) is 10.7 Å². The van der Waals surface area contributed by atoms with Crippen molar-refractivity contribution in [1.29, 1.82) is 0 Å². The molecule has 0 unspecified atom stereocenters. The van der Waals surface area contributed by atoms with Gasteiger partial charge in [-0.25, -0.2) is 4.98 Å².